The lowest BCUT2D eigenvalue weighted by Gasteiger charge is -2.39. The number of halogens is 1. The van der Waals surface area contributed by atoms with Crippen molar-refractivity contribution in [2.24, 2.45) is 5.41 Å². The predicted molar refractivity (Wildman–Crippen MR) is 107 cm³/mol. The number of hydrogen-bond acceptors (Lipinski definition) is 4. The molecular formula is C21H28ClN3O3. The summed E-state index contributed by atoms with van der Waals surface area (Å²) in [7, 11) is 2.10. The summed E-state index contributed by atoms with van der Waals surface area (Å²) < 4.78 is 5.43. The zero-order chi connectivity index (χ0) is 19.7. The molecule has 6 nitrogen and oxygen atoms in total. The zero-order valence-corrected chi connectivity index (χ0v) is 17.2. The molecule has 0 N–H and O–H groups in total. The highest BCUT2D eigenvalue weighted by Crippen LogP contribution is 2.44. The van der Waals surface area contributed by atoms with Crippen LogP contribution in [-0.4, -0.2) is 85.5 Å². The van der Waals surface area contributed by atoms with Gasteiger partial charge in [-0.25, -0.2) is 0 Å². The second kappa shape index (κ2) is 8.01. The van der Waals surface area contributed by atoms with E-state index in [0.717, 1.165) is 19.4 Å². The van der Waals surface area contributed by atoms with E-state index in [1.54, 1.807) is 24.3 Å². The minimum absolute atomic E-state index is 0.000835. The Balaban J connectivity index is 1.55. The molecule has 3 heterocycles. The first-order valence-corrected chi connectivity index (χ1v) is 10.5. The first-order valence-electron chi connectivity index (χ1n) is 10.1. The molecule has 4 rings (SSSR count). The Labute approximate surface area is 171 Å². The van der Waals surface area contributed by atoms with Crippen LogP contribution in [0.25, 0.3) is 0 Å². The summed E-state index contributed by atoms with van der Waals surface area (Å²) in [5.41, 5.74) is 0.219. The lowest BCUT2D eigenvalue weighted by atomic mass is 9.75. The number of fused-ring (bicyclic) bond motifs is 1. The van der Waals surface area contributed by atoms with Crippen molar-refractivity contribution >= 4 is 23.4 Å². The molecule has 0 unspecified atom stereocenters. The van der Waals surface area contributed by atoms with Gasteiger partial charge < -0.3 is 19.4 Å². The SMILES string of the molecule is CN1CC[C@@]2(C(=O)N3CCOCC3)CCN(C(=O)c3cccc(Cl)c3)CC[C@@H]12. The summed E-state index contributed by atoms with van der Waals surface area (Å²) >= 11 is 6.07. The van der Waals surface area contributed by atoms with Crippen molar-refractivity contribution in [2.75, 3.05) is 53.0 Å². The fourth-order valence-electron chi connectivity index (χ4n) is 5.08. The topological polar surface area (TPSA) is 53.1 Å². The molecule has 1 aromatic rings. The lowest BCUT2D eigenvalue weighted by Crippen LogP contribution is -2.53. The highest BCUT2D eigenvalue weighted by molar-refractivity contribution is 6.30. The van der Waals surface area contributed by atoms with Gasteiger partial charge in [0.1, 0.15) is 0 Å². The van der Waals surface area contributed by atoms with Crippen molar-refractivity contribution in [3.63, 3.8) is 0 Å². The number of rotatable bonds is 2. The molecule has 0 spiro atoms. The molecule has 3 aliphatic rings. The van der Waals surface area contributed by atoms with Crippen LogP contribution in [0.2, 0.25) is 5.02 Å². The maximum atomic E-state index is 13.6. The third-order valence-electron chi connectivity index (χ3n) is 6.66. The largest absolute Gasteiger partial charge is 0.378 e. The van der Waals surface area contributed by atoms with Crippen LogP contribution in [0.5, 0.6) is 0 Å². The van der Waals surface area contributed by atoms with Crippen LogP contribution in [0.1, 0.15) is 29.6 Å². The molecule has 0 bridgehead atoms. The molecule has 0 saturated carbocycles. The Kier molecular flexibility index (Phi) is 5.63. The van der Waals surface area contributed by atoms with E-state index in [0.29, 0.717) is 56.4 Å². The van der Waals surface area contributed by atoms with Crippen LogP contribution in [0.4, 0.5) is 0 Å². The first kappa shape index (κ1) is 19.7. The number of amides is 2. The van der Waals surface area contributed by atoms with Gasteiger partial charge in [0, 0.05) is 42.8 Å². The average Bonchev–Trinajstić information content (AvgIpc) is 2.92. The second-order valence-electron chi connectivity index (χ2n) is 8.15. The maximum absolute atomic E-state index is 13.6. The molecule has 152 valence electrons. The van der Waals surface area contributed by atoms with Gasteiger partial charge in [-0.3, -0.25) is 9.59 Å². The molecule has 0 aliphatic carbocycles. The maximum Gasteiger partial charge on any atom is 0.253 e. The monoisotopic (exact) mass is 405 g/mol. The molecule has 2 amide bonds. The molecule has 3 saturated heterocycles. The normalized spacial score (nSPS) is 28.7. The summed E-state index contributed by atoms with van der Waals surface area (Å²) in [6.45, 7) is 4.76. The van der Waals surface area contributed by atoms with Crippen LogP contribution < -0.4 is 0 Å². The van der Waals surface area contributed by atoms with Crippen LogP contribution in [0.15, 0.2) is 24.3 Å². The van der Waals surface area contributed by atoms with Crippen molar-refractivity contribution in [1.29, 1.82) is 0 Å². The van der Waals surface area contributed by atoms with Crippen LogP contribution in [-0.2, 0) is 9.53 Å². The number of nitrogens with zero attached hydrogens (tertiary/aromatic N) is 3. The van der Waals surface area contributed by atoms with Gasteiger partial charge in [-0.2, -0.15) is 0 Å². The Hall–Kier alpha value is -1.63. The molecule has 28 heavy (non-hydrogen) atoms. The third-order valence-corrected chi connectivity index (χ3v) is 6.90. The Morgan fingerprint density at radius 2 is 1.82 bits per heavy atom. The minimum Gasteiger partial charge on any atom is -0.378 e. The Morgan fingerprint density at radius 1 is 1.07 bits per heavy atom. The van der Waals surface area contributed by atoms with Crippen LogP contribution in [0, 0.1) is 5.41 Å². The highest BCUT2D eigenvalue weighted by Gasteiger charge is 2.54. The van der Waals surface area contributed by atoms with E-state index < -0.39 is 5.41 Å². The van der Waals surface area contributed by atoms with Gasteiger partial charge in [0.05, 0.1) is 18.6 Å². The van der Waals surface area contributed by atoms with Gasteiger partial charge in [0.25, 0.3) is 5.91 Å². The van der Waals surface area contributed by atoms with E-state index in [4.69, 9.17) is 16.3 Å². The third kappa shape index (κ3) is 3.53. The smallest absolute Gasteiger partial charge is 0.253 e. The first-order chi connectivity index (χ1) is 13.5. The van der Waals surface area contributed by atoms with E-state index in [1.165, 1.54) is 0 Å². The summed E-state index contributed by atoms with van der Waals surface area (Å²) in [5.74, 6) is 0.251. The second-order valence-corrected chi connectivity index (χ2v) is 8.58. The molecule has 0 aromatic heterocycles. The summed E-state index contributed by atoms with van der Waals surface area (Å²) in [4.78, 5) is 32.8. The van der Waals surface area contributed by atoms with Gasteiger partial charge in [-0.1, -0.05) is 17.7 Å². The van der Waals surface area contributed by atoms with Crippen molar-refractivity contribution in [1.82, 2.24) is 14.7 Å². The minimum atomic E-state index is -0.393. The predicted octanol–water partition coefficient (Wildman–Crippen LogP) is 2.13. The van der Waals surface area contributed by atoms with Gasteiger partial charge in [-0.15, -0.1) is 0 Å². The van der Waals surface area contributed by atoms with E-state index in [-0.39, 0.29) is 17.9 Å². The molecule has 0 radical (unpaired) electrons. The van der Waals surface area contributed by atoms with E-state index >= 15 is 0 Å². The number of benzene rings is 1. The molecule has 3 fully saturated rings. The van der Waals surface area contributed by atoms with E-state index in [9.17, 15) is 9.59 Å². The summed E-state index contributed by atoms with van der Waals surface area (Å²) in [5, 5.41) is 0.566. The van der Waals surface area contributed by atoms with Crippen LogP contribution >= 0.6 is 11.6 Å². The fourth-order valence-corrected chi connectivity index (χ4v) is 5.27. The van der Waals surface area contributed by atoms with Crippen molar-refractivity contribution in [2.45, 2.75) is 25.3 Å². The van der Waals surface area contributed by atoms with Gasteiger partial charge in [0.2, 0.25) is 5.91 Å². The number of carbonyl (C=O) groups is 2. The van der Waals surface area contributed by atoms with E-state index in [1.807, 2.05) is 9.80 Å². The van der Waals surface area contributed by atoms with Gasteiger partial charge >= 0.3 is 0 Å². The van der Waals surface area contributed by atoms with Gasteiger partial charge in [0.15, 0.2) is 0 Å². The zero-order valence-electron chi connectivity index (χ0n) is 16.4. The lowest BCUT2D eigenvalue weighted by molar-refractivity contribution is -0.148. The molecular weight excluding hydrogens is 378 g/mol. The van der Waals surface area contributed by atoms with Crippen molar-refractivity contribution < 1.29 is 14.3 Å². The molecule has 2 atom stereocenters. The molecule has 7 heteroatoms. The number of carbonyl (C=O) groups excluding carboxylic acids is 2. The standard InChI is InChI=1S/C21H28ClN3O3/c1-23-9-6-21(20(27)25-11-13-28-14-12-25)7-10-24(8-5-18(21)23)19(26)16-3-2-4-17(22)15-16/h2-4,15,18H,5-14H2,1H3/t18-,21-/m1/s1. The Bertz CT molecular complexity index is 752. The quantitative estimate of drug-likeness (QED) is 0.756. The highest BCUT2D eigenvalue weighted by atomic mass is 35.5. The van der Waals surface area contributed by atoms with Crippen molar-refractivity contribution in [3.05, 3.63) is 34.9 Å². The number of hydrogen-bond donors (Lipinski definition) is 0. The van der Waals surface area contributed by atoms with Crippen LogP contribution in [0.3, 0.4) is 0 Å². The van der Waals surface area contributed by atoms with E-state index in [2.05, 4.69) is 11.9 Å². The average molecular weight is 406 g/mol. The van der Waals surface area contributed by atoms with Crippen molar-refractivity contribution in [3.8, 4) is 0 Å². The van der Waals surface area contributed by atoms with Gasteiger partial charge in [-0.05, 0) is 51.1 Å². The Morgan fingerprint density at radius 3 is 2.57 bits per heavy atom. The molecule has 3 aliphatic heterocycles. The number of likely N-dealkylation sites (tertiary alicyclic amines) is 2. The number of morpholine rings is 1. The summed E-state index contributed by atoms with van der Waals surface area (Å²) in [6, 6.07) is 7.28. The fraction of sp³-hybridized carbons (Fsp3) is 0.619. The molecule has 1 aromatic carbocycles. The summed E-state index contributed by atoms with van der Waals surface area (Å²) in [6.07, 6.45) is 2.40. The number of ether oxygens (including phenoxy) is 1.